The smallest absolute Gasteiger partial charge is 0.240 e. The van der Waals surface area contributed by atoms with E-state index in [0.717, 1.165) is 78.9 Å². The van der Waals surface area contributed by atoms with Crippen LogP contribution in [-0.2, 0) is 0 Å². The Bertz CT molecular complexity index is 1550. The second-order valence-corrected chi connectivity index (χ2v) is 11.4. The third-order valence-electron chi connectivity index (χ3n) is 8.46. The predicted molar refractivity (Wildman–Crippen MR) is 160 cm³/mol. The number of likely N-dealkylation sites (tertiary alicyclic amines) is 1. The molecule has 1 saturated heterocycles. The maximum absolute atomic E-state index is 14.6. The standard InChI is InChI=1S/C33H34ClF2N3O2/c1-40-26-10-11-27(29(34)18-26)32(22-3-2-4-22)31(24-7-12-30-28(17-24)33(36)38-37-30)23-5-8-25(9-6-23)41-16-15-39-14-13-21(19-35)20-39/h5-12,17-18,21-22H,2-4,13-16,19-20H2,1H3,(H,37,38)/t21-/m0/s1. The van der Waals surface area contributed by atoms with Crippen LogP contribution in [0.25, 0.3) is 22.0 Å². The van der Waals surface area contributed by atoms with Gasteiger partial charge in [-0.05, 0) is 102 Å². The van der Waals surface area contributed by atoms with Gasteiger partial charge in [-0.3, -0.25) is 14.4 Å². The molecule has 6 rings (SSSR count). The topological polar surface area (TPSA) is 50.4 Å². The van der Waals surface area contributed by atoms with Gasteiger partial charge in [0.05, 0.1) is 29.7 Å². The summed E-state index contributed by atoms with van der Waals surface area (Å²) in [5, 5.41) is 7.59. The molecule has 4 aromatic rings. The number of H-pyrrole nitrogens is 1. The summed E-state index contributed by atoms with van der Waals surface area (Å²) in [6.45, 7) is 2.80. The van der Waals surface area contributed by atoms with Gasteiger partial charge in [-0.1, -0.05) is 36.2 Å². The van der Waals surface area contributed by atoms with E-state index in [2.05, 4.69) is 27.2 Å². The van der Waals surface area contributed by atoms with E-state index in [-0.39, 0.29) is 12.6 Å². The van der Waals surface area contributed by atoms with E-state index in [1.807, 2.05) is 48.5 Å². The zero-order valence-corrected chi connectivity index (χ0v) is 23.9. The molecule has 2 aliphatic rings. The van der Waals surface area contributed by atoms with Gasteiger partial charge in [0, 0.05) is 19.0 Å². The molecule has 1 saturated carbocycles. The van der Waals surface area contributed by atoms with Crippen LogP contribution >= 0.6 is 11.6 Å². The van der Waals surface area contributed by atoms with E-state index >= 15 is 0 Å². The van der Waals surface area contributed by atoms with Crippen LogP contribution in [0.3, 0.4) is 0 Å². The largest absolute Gasteiger partial charge is 0.497 e. The summed E-state index contributed by atoms with van der Waals surface area (Å²) >= 11 is 6.87. The average molecular weight is 578 g/mol. The predicted octanol–water partition coefficient (Wildman–Crippen LogP) is 7.79. The number of nitrogens with one attached hydrogen (secondary N) is 1. The summed E-state index contributed by atoms with van der Waals surface area (Å²) in [5.74, 6) is 1.43. The zero-order valence-electron chi connectivity index (χ0n) is 23.1. The van der Waals surface area contributed by atoms with Crippen molar-refractivity contribution in [2.45, 2.75) is 25.7 Å². The van der Waals surface area contributed by atoms with Crippen LogP contribution in [0.2, 0.25) is 5.02 Å². The summed E-state index contributed by atoms with van der Waals surface area (Å²) in [4.78, 5) is 2.26. The number of ether oxygens (including phenoxy) is 2. The highest BCUT2D eigenvalue weighted by Gasteiger charge is 2.29. The lowest BCUT2D eigenvalue weighted by Crippen LogP contribution is -2.26. The Morgan fingerprint density at radius 2 is 1.80 bits per heavy atom. The minimum atomic E-state index is -0.520. The number of methoxy groups -OCH3 is 1. The first-order chi connectivity index (χ1) is 20.0. The van der Waals surface area contributed by atoms with Crippen molar-refractivity contribution in [3.05, 3.63) is 88.3 Å². The van der Waals surface area contributed by atoms with Crippen molar-refractivity contribution in [1.82, 2.24) is 15.1 Å². The minimum absolute atomic E-state index is 0.151. The second kappa shape index (κ2) is 12.2. The zero-order chi connectivity index (χ0) is 28.3. The molecule has 1 aliphatic heterocycles. The van der Waals surface area contributed by atoms with Gasteiger partial charge in [-0.2, -0.15) is 4.39 Å². The maximum atomic E-state index is 14.6. The average Bonchev–Trinajstić information content (AvgIpc) is 3.58. The van der Waals surface area contributed by atoms with Crippen molar-refractivity contribution in [1.29, 1.82) is 0 Å². The number of benzene rings is 3. The molecular formula is C33H34ClF2N3O2. The molecule has 1 N–H and O–H groups in total. The lowest BCUT2D eigenvalue weighted by atomic mass is 9.73. The van der Waals surface area contributed by atoms with Crippen molar-refractivity contribution in [2.24, 2.45) is 11.8 Å². The number of fused-ring (bicyclic) bond motifs is 1. The Morgan fingerprint density at radius 1 is 1.02 bits per heavy atom. The highest BCUT2D eigenvalue weighted by atomic mass is 35.5. The SMILES string of the molecule is COc1ccc(C(=C(c2ccc(OCCN3CC[C@@H](CF)C3)cc2)c2ccc3[nH]nc(F)c3c2)C2CCC2)c(Cl)c1. The van der Waals surface area contributed by atoms with Crippen LogP contribution < -0.4 is 9.47 Å². The first-order valence-corrected chi connectivity index (χ1v) is 14.7. The van der Waals surface area contributed by atoms with Crippen LogP contribution in [-0.4, -0.2) is 55.1 Å². The van der Waals surface area contributed by atoms with Gasteiger partial charge >= 0.3 is 0 Å². The fourth-order valence-corrected chi connectivity index (χ4v) is 6.24. The Labute approximate surface area is 244 Å². The van der Waals surface area contributed by atoms with Crippen molar-refractivity contribution in [3.8, 4) is 11.5 Å². The third-order valence-corrected chi connectivity index (χ3v) is 8.77. The summed E-state index contributed by atoms with van der Waals surface area (Å²) in [7, 11) is 1.63. The van der Waals surface area contributed by atoms with E-state index < -0.39 is 5.95 Å². The molecule has 0 spiro atoms. The Kier molecular flexibility index (Phi) is 8.26. The van der Waals surface area contributed by atoms with E-state index in [1.165, 1.54) is 0 Å². The van der Waals surface area contributed by atoms with E-state index in [9.17, 15) is 8.78 Å². The molecule has 41 heavy (non-hydrogen) atoms. The normalized spacial score (nSPS) is 18.4. The van der Waals surface area contributed by atoms with Crippen molar-refractivity contribution < 1.29 is 18.3 Å². The van der Waals surface area contributed by atoms with Gasteiger partial charge in [0.15, 0.2) is 0 Å². The molecule has 0 amide bonds. The van der Waals surface area contributed by atoms with E-state index in [1.54, 1.807) is 7.11 Å². The lowest BCUT2D eigenvalue weighted by molar-refractivity contribution is 0.228. The van der Waals surface area contributed by atoms with E-state index in [0.29, 0.717) is 34.2 Å². The van der Waals surface area contributed by atoms with Crippen molar-refractivity contribution in [3.63, 3.8) is 0 Å². The monoisotopic (exact) mass is 577 g/mol. The summed E-state index contributed by atoms with van der Waals surface area (Å²) in [6, 6.07) is 19.6. The summed E-state index contributed by atoms with van der Waals surface area (Å²) in [5.41, 5.74) is 5.68. The fraction of sp³-hybridized carbons (Fsp3) is 0.364. The number of alkyl halides is 1. The van der Waals surface area contributed by atoms with Crippen LogP contribution in [0.15, 0.2) is 60.7 Å². The number of hydrogen-bond acceptors (Lipinski definition) is 4. The van der Waals surface area contributed by atoms with Crippen LogP contribution in [0.4, 0.5) is 8.78 Å². The molecule has 1 aromatic heterocycles. The highest BCUT2D eigenvalue weighted by molar-refractivity contribution is 6.33. The Balaban J connectivity index is 1.37. The molecule has 0 radical (unpaired) electrons. The van der Waals surface area contributed by atoms with Gasteiger partial charge in [0.1, 0.15) is 18.1 Å². The molecule has 0 unspecified atom stereocenters. The van der Waals surface area contributed by atoms with Gasteiger partial charge in [-0.15, -0.1) is 5.10 Å². The summed E-state index contributed by atoms with van der Waals surface area (Å²) in [6.07, 6.45) is 4.19. The van der Waals surface area contributed by atoms with Gasteiger partial charge < -0.3 is 9.47 Å². The second-order valence-electron chi connectivity index (χ2n) is 11.0. The molecular weight excluding hydrogens is 544 g/mol. The molecule has 5 nitrogen and oxygen atoms in total. The quantitative estimate of drug-likeness (QED) is 0.195. The first-order valence-electron chi connectivity index (χ1n) is 14.3. The highest BCUT2D eigenvalue weighted by Crippen LogP contribution is 2.47. The van der Waals surface area contributed by atoms with Gasteiger partial charge in [-0.25, -0.2) is 0 Å². The van der Waals surface area contributed by atoms with Crippen molar-refractivity contribution >= 4 is 33.7 Å². The number of halogens is 3. The fourth-order valence-electron chi connectivity index (χ4n) is 5.96. The number of allylic oxidation sites excluding steroid dienone is 1. The number of hydrogen-bond donors (Lipinski definition) is 1. The van der Waals surface area contributed by atoms with Gasteiger partial charge in [0.25, 0.3) is 0 Å². The Morgan fingerprint density at radius 3 is 2.49 bits per heavy atom. The van der Waals surface area contributed by atoms with Crippen molar-refractivity contribution in [2.75, 3.05) is 40.0 Å². The molecule has 2 heterocycles. The van der Waals surface area contributed by atoms with Crippen LogP contribution in [0.5, 0.6) is 11.5 Å². The summed E-state index contributed by atoms with van der Waals surface area (Å²) < 4.78 is 39.0. The number of aromatic nitrogens is 2. The number of rotatable bonds is 10. The lowest BCUT2D eigenvalue weighted by Gasteiger charge is -2.32. The first kappa shape index (κ1) is 27.7. The van der Waals surface area contributed by atoms with Gasteiger partial charge in [0.2, 0.25) is 5.95 Å². The molecule has 1 atom stereocenters. The molecule has 1 aliphatic carbocycles. The molecule has 8 heteroatoms. The van der Waals surface area contributed by atoms with Crippen LogP contribution in [0.1, 0.15) is 42.4 Å². The molecule has 214 valence electrons. The number of aromatic amines is 1. The third kappa shape index (κ3) is 5.84. The Hall–Kier alpha value is -3.42. The molecule has 2 fully saturated rings. The van der Waals surface area contributed by atoms with Crippen LogP contribution in [0, 0.1) is 17.8 Å². The maximum Gasteiger partial charge on any atom is 0.240 e. The molecule has 0 bridgehead atoms. The minimum Gasteiger partial charge on any atom is -0.497 e. The molecule has 3 aromatic carbocycles. The van der Waals surface area contributed by atoms with E-state index in [4.69, 9.17) is 21.1 Å². The number of nitrogens with zero attached hydrogens (tertiary/aromatic N) is 2.